The summed E-state index contributed by atoms with van der Waals surface area (Å²) in [5, 5.41) is 10.9. The fourth-order valence-corrected chi connectivity index (χ4v) is 3.52. The average molecular weight is 405 g/mol. The Morgan fingerprint density at radius 3 is 2.04 bits per heavy atom. The molecule has 1 atom stereocenters. The lowest BCUT2D eigenvalue weighted by Crippen LogP contribution is -2.42. The number of imide groups is 1. The van der Waals surface area contributed by atoms with Gasteiger partial charge in [-0.05, 0) is 38.1 Å². The van der Waals surface area contributed by atoms with Crippen LogP contribution in [-0.4, -0.2) is 49.2 Å². The highest BCUT2D eigenvalue weighted by Gasteiger charge is 2.38. The maximum absolute atomic E-state index is 12.2. The second kappa shape index (κ2) is 7.44. The number of carbonyl (C=O) groups excluding carboxylic acids is 2. The van der Waals surface area contributed by atoms with Gasteiger partial charge in [-0.25, -0.2) is 0 Å². The highest BCUT2D eigenvalue weighted by atomic mass is 32.2. The zero-order valence-electron chi connectivity index (χ0n) is 15.3. The second-order valence-corrected chi connectivity index (χ2v) is 8.37. The number of aliphatic hydroxyl groups is 1. The van der Waals surface area contributed by atoms with Gasteiger partial charge in [0, 0.05) is 0 Å². The summed E-state index contributed by atoms with van der Waals surface area (Å²) in [5.74, 6) is -1.30. The minimum absolute atomic E-state index is 0.0461. The van der Waals surface area contributed by atoms with E-state index in [1.165, 1.54) is 31.2 Å². The molecule has 0 saturated carbocycles. The summed E-state index contributed by atoms with van der Waals surface area (Å²) in [6.45, 7) is 1.95. The maximum Gasteiger partial charge on any atom is 0.297 e. The van der Waals surface area contributed by atoms with E-state index in [0.29, 0.717) is 5.06 Å². The summed E-state index contributed by atoms with van der Waals surface area (Å²) in [6, 6.07) is 12.3. The van der Waals surface area contributed by atoms with Crippen LogP contribution in [0.4, 0.5) is 0 Å². The summed E-state index contributed by atoms with van der Waals surface area (Å²) in [5.41, 5.74) is -0.483. The smallest absolute Gasteiger partial charge is 0.297 e. The fraction of sp³-hybridized carbons (Fsp3) is 0.263. The van der Waals surface area contributed by atoms with Gasteiger partial charge >= 0.3 is 0 Å². The number of carbonyl (C=O) groups is 2. The molecular formula is C19H19NO7S. The van der Waals surface area contributed by atoms with Crippen LogP contribution >= 0.6 is 0 Å². The number of aryl methyl sites for hydroxylation is 1. The Balaban J connectivity index is 1.61. The molecule has 0 radical (unpaired) electrons. The van der Waals surface area contributed by atoms with E-state index in [1.807, 2.05) is 6.92 Å². The lowest BCUT2D eigenvalue weighted by Gasteiger charge is -2.24. The lowest BCUT2D eigenvalue weighted by atomic mass is 10.1. The molecule has 0 fully saturated rings. The SMILES string of the molecule is Cc1ccc(S(=O)(=O)OC[C@](C)(O)CON2C(=O)c3ccccc3C2=O)cc1. The minimum atomic E-state index is -4.08. The van der Waals surface area contributed by atoms with Gasteiger partial charge in [-0.2, -0.15) is 8.42 Å². The number of nitrogens with zero attached hydrogens (tertiary/aromatic N) is 1. The molecule has 3 rings (SSSR count). The Kier molecular flexibility index (Phi) is 5.35. The molecule has 0 saturated heterocycles. The van der Waals surface area contributed by atoms with Crippen molar-refractivity contribution in [2.45, 2.75) is 24.3 Å². The highest BCUT2D eigenvalue weighted by molar-refractivity contribution is 7.86. The third kappa shape index (κ3) is 4.12. The highest BCUT2D eigenvalue weighted by Crippen LogP contribution is 2.23. The van der Waals surface area contributed by atoms with Crippen LogP contribution < -0.4 is 0 Å². The molecule has 0 aliphatic carbocycles. The fourth-order valence-electron chi connectivity index (χ4n) is 2.51. The molecule has 2 aromatic rings. The molecule has 1 heterocycles. The summed E-state index contributed by atoms with van der Waals surface area (Å²) < 4.78 is 29.3. The topological polar surface area (TPSA) is 110 Å². The zero-order valence-corrected chi connectivity index (χ0v) is 16.1. The van der Waals surface area contributed by atoms with Crippen molar-refractivity contribution in [2.75, 3.05) is 13.2 Å². The van der Waals surface area contributed by atoms with Crippen LogP contribution in [0.15, 0.2) is 53.4 Å². The molecule has 0 aromatic heterocycles. The normalized spacial score (nSPS) is 16.2. The van der Waals surface area contributed by atoms with E-state index >= 15 is 0 Å². The zero-order chi connectivity index (χ0) is 20.5. The van der Waals surface area contributed by atoms with E-state index in [-0.39, 0.29) is 16.0 Å². The van der Waals surface area contributed by atoms with Crippen molar-refractivity contribution in [3.05, 3.63) is 65.2 Å². The molecule has 2 amide bonds. The van der Waals surface area contributed by atoms with Gasteiger partial charge in [-0.15, -0.1) is 5.06 Å². The van der Waals surface area contributed by atoms with Crippen LogP contribution in [0.25, 0.3) is 0 Å². The monoisotopic (exact) mass is 405 g/mol. The first-order valence-electron chi connectivity index (χ1n) is 8.40. The third-order valence-corrected chi connectivity index (χ3v) is 5.37. The Hall–Kier alpha value is -2.59. The molecule has 8 nitrogen and oxygen atoms in total. The third-order valence-electron chi connectivity index (χ3n) is 4.10. The van der Waals surface area contributed by atoms with Gasteiger partial charge in [-0.1, -0.05) is 29.8 Å². The van der Waals surface area contributed by atoms with Gasteiger partial charge in [-0.3, -0.25) is 18.6 Å². The van der Waals surface area contributed by atoms with Crippen molar-refractivity contribution in [3.8, 4) is 0 Å². The van der Waals surface area contributed by atoms with Crippen molar-refractivity contribution in [1.82, 2.24) is 5.06 Å². The van der Waals surface area contributed by atoms with E-state index in [9.17, 15) is 23.1 Å². The average Bonchev–Trinajstić information content (AvgIpc) is 2.90. The largest absolute Gasteiger partial charge is 0.385 e. The van der Waals surface area contributed by atoms with Crippen molar-refractivity contribution in [2.24, 2.45) is 0 Å². The summed E-state index contributed by atoms with van der Waals surface area (Å²) in [4.78, 5) is 29.6. The van der Waals surface area contributed by atoms with Crippen LogP contribution in [-0.2, 0) is 19.1 Å². The van der Waals surface area contributed by atoms with Gasteiger partial charge in [0.2, 0.25) is 0 Å². The van der Waals surface area contributed by atoms with Crippen LogP contribution in [0.1, 0.15) is 33.2 Å². The van der Waals surface area contributed by atoms with E-state index in [4.69, 9.17) is 9.02 Å². The van der Waals surface area contributed by atoms with E-state index in [0.717, 1.165) is 5.56 Å². The molecular weight excluding hydrogens is 386 g/mol. The van der Waals surface area contributed by atoms with Crippen molar-refractivity contribution in [1.29, 1.82) is 0 Å². The lowest BCUT2D eigenvalue weighted by molar-refractivity contribution is -0.149. The van der Waals surface area contributed by atoms with Crippen molar-refractivity contribution < 1.29 is 32.1 Å². The van der Waals surface area contributed by atoms with Crippen LogP contribution in [0.3, 0.4) is 0 Å². The number of hydrogen-bond donors (Lipinski definition) is 1. The number of fused-ring (bicyclic) bond motifs is 1. The minimum Gasteiger partial charge on any atom is -0.385 e. The second-order valence-electron chi connectivity index (χ2n) is 6.75. The summed E-state index contributed by atoms with van der Waals surface area (Å²) in [7, 11) is -4.08. The Morgan fingerprint density at radius 1 is 0.964 bits per heavy atom. The molecule has 0 bridgehead atoms. The van der Waals surface area contributed by atoms with Crippen LogP contribution in [0.5, 0.6) is 0 Å². The molecule has 1 aliphatic rings. The number of benzene rings is 2. The van der Waals surface area contributed by atoms with Gasteiger partial charge in [0.05, 0.1) is 22.6 Å². The summed E-state index contributed by atoms with van der Waals surface area (Å²) >= 11 is 0. The van der Waals surface area contributed by atoms with E-state index < -0.39 is 40.7 Å². The number of hydrogen-bond acceptors (Lipinski definition) is 7. The molecule has 1 N–H and O–H groups in total. The maximum atomic E-state index is 12.2. The first-order chi connectivity index (χ1) is 13.1. The first kappa shape index (κ1) is 20.2. The van der Waals surface area contributed by atoms with E-state index in [2.05, 4.69) is 0 Å². The number of rotatable bonds is 7. The summed E-state index contributed by atoms with van der Waals surface area (Å²) in [6.07, 6.45) is 0. The molecule has 28 heavy (non-hydrogen) atoms. The number of amides is 2. The molecule has 1 aliphatic heterocycles. The number of hydroxylamine groups is 2. The standard InChI is InChI=1S/C19H19NO7S/c1-13-7-9-14(10-8-13)28(24,25)27-12-19(2,23)11-26-20-17(21)15-5-3-4-6-16(15)18(20)22/h3-10,23H,11-12H2,1-2H3/t19-/m1/s1. The Bertz CT molecular complexity index is 978. The van der Waals surface area contributed by atoms with Gasteiger partial charge < -0.3 is 5.11 Å². The molecule has 2 aromatic carbocycles. The molecule has 148 valence electrons. The first-order valence-corrected chi connectivity index (χ1v) is 9.81. The van der Waals surface area contributed by atoms with Crippen LogP contribution in [0.2, 0.25) is 0 Å². The molecule has 0 unspecified atom stereocenters. The van der Waals surface area contributed by atoms with E-state index in [1.54, 1.807) is 24.3 Å². The van der Waals surface area contributed by atoms with Crippen molar-refractivity contribution >= 4 is 21.9 Å². The van der Waals surface area contributed by atoms with Gasteiger partial charge in [0.25, 0.3) is 21.9 Å². The predicted octanol–water partition coefficient (Wildman–Crippen LogP) is 1.68. The predicted molar refractivity (Wildman–Crippen MR) is 97.8 cm³/mol. The van der Waals surface area contributed by atoms with Gasteiger partial charge in [0.15, 0.2) is 0 Å². The molecule has 9 heteroatoms. The van der Waals surface area contributed by atoms with Crippen molar-refractivity contribution in [3.63, 3.8) is 0 Å². The van der Waals surface area contributed by atoms with Gasteiger partial charge in [0.1, 0.15) is 12.2 Å². The Morgan fingerprint density at radius 2 is 1.50 bits per heavy atom. The molecule has 0 spiro atoms. The quantitative estimate of drug-likeness (QED) is 0.551. The Labute approximate surface area is 162 Å². The van der Waals surface area contributed by atoms with Crippen LogP contribution in [0, 0.1) is 6.92 Å².